The SMILES string of the molecule is CC.CC1=CC=CC(c2ccc(C)cc2)=C[CH]1. The van der Waals surface area contributed by atoms with Gasteiger partial charge in [0, 0.05) is 6.42 Å². The fraction of sp³-hybridized carbons (Fsp3) is 0.235. The molecule has 1 aromatic carbocycles. The van der Waals surface area contributed by atoms with Crippen molar-refractivity contribution in [3.05, 3.63) is 71.7 Å². The van der Waals surface area contributed by atoms with Crippen molar-refractivity contribution in [1.82, 2.24) is 0 Å². The maximum Gasteiger partial charge on any atom is 0.00869 e. The van der Waals surface area contributed by atoms with Crippen LogP contribution in [0.2, 0.25) is 0 Å². The molecular weight excluding hydrogens is 204 g/mol. The lowest BCUT2D eigenvalue weighted by atomic mass is 10.0. The molecule has 1 aliphatic carbocycles. The minimum Gasteiger partial charge on any atom is -0.0686 e. The van der Waals surface area contributed by atoms with Crippen LogP contribution in [0.1, 0.15) is 31.9 Å². The molecule has 17 heavy (non-hydrogen) atoms. The van der Waals surface area contributed by atoms with Crippen molar-refractivity contribution < 1.29 is 0 Å². The van der Waals surface area contributed by atoms with E-state index < -0.39 is 0 Å². The van der Waals surface area contributed by atoms with Gasteiger partial charge in [0.15, 0.2) is 0 Å². The molecule has 89 valence electrons. The van der Waals surface area contributed by atoms with Gasteiger partial charge in [-0.1, -0.05) is 73.6 Å². The van der Waals surface area contributed by atoms with Crippen molar-refractivity contribution in [2.24, 2.45) is 0 Å². The summed E-state index contributed by atoms with van der Waals surface area (Å²) in [6.07, 6.45) is 10.7. The minimum absolute atomic E-state index is 1.27. The Morgan fingerprint density at radius 3 is 2.12 bits per heavy atom. The highest BCUT2D eigenvalue weighted by Crippen LogP contribution is 2.20. The van der Waals surface area contributed by atoms with Crippen molar-refractivity contribution in [2.45, 2.75) is 27.7 Å². The monoisotopic (exact) mass is 225 g/mol. The standard InChI is InChI=1S/C15H15.C2H6/c1-12-4-3-5-14(9-6-12)15-10-7-13(2)8-11-15;1-2/h3-11H,1-2H3;1-2H3. The van der Waals surface area contributed by atoms with E-state index >= 15 is 0 Å². The molecule has 0 heteroatoms. The van der Waals surface area contributed by atoms with Gasteiger partial charge in [-0.15, -0.1) is 0 Å². The van der Waals surface area contributed by atoms with Crippen LogP contribution < -0.4 is 0 Å². The summed E-state index contributed by atoms with van der Waals surface area (Å²) >= 11 is 0. The highest BCUT2D eigenvalue weighted by Gasteiger charge is 1.99. The van der Waals surface area contributed by atoms with Crippen molar-refractivity contribution in [2.75, 3.05) is 0 Å². The molecular formula is C17H21. The smallest absolute Gasteiger partial charge is 0.00869 e. The Bertz CT molecular complexity index is 428. The lowest BCUT2D eigenvalue weighted by Gasteiger charge is -2.02. The van der Waals surface area contributed by atoms with Gasteiger partial charge < -0.3 is 0 Å². The highest BCUT2D eigenvalue weighted by atomic mass is 14.0. The number of benzene rings is 1. The molecule has 0 N–H and O–H groups in total. The largest absolute Gasteiger partial charge is 0.0686 e. The molecule has 0 bridgehead atoms. The Hall–Kier alpha value is -1.56. The molecule has 0 amide bonds. The third-order valence-corrected chi connectivity index (χ3v) is 2.55. The maximum atomic E-state index is 2.17. The number of allylic oxidation sites excluding steroid dienone is 6. The molecule has 1 aromatic rings. The molecule has 0 heterocycles. The summed E-state index contributed by atoms with van der Waals surface area (Å²) in [7, 11) is 0. The Morgan fingerprint density at radius 1 is 0.824 bits per heavy atom. The molecule has 0 fully saturated rings. The van der Waals surface area contributed by atoms with E-state index in [0.29, 0.717) is 0 Å². The summed E-state index contributed by atoms with van der Waals surface area (Å²) in [6.45, 7) is 8.22. The van der Waals surface area contributed by atoms with Gasteiger partial charge in [0.1, 0.15) is 0 Å². The van der Waals surface area contributed by atoms with E-state index in [0.717, 1.165) is 0 Å². The van der Waals surface area contributed by atoms with Gasteiger partial charge in [0.05, 0.1) is 0 Å². The quantitative estimate of drug-likeness (QED) is 0.622. The molecule has 0 aliphatic heterocycles. The predicted octanol–water partition coefficient (Wildman–Crippen LogP) is 5.13. The maximum absolute atomic E-state index is 2.17. The Balaban J connectivity index is 0.000000686. The van der Waals surface area contributed by atoms with Gasteiger partial charge in [-0.05, 0) is 25.0 Å². The first-order valence-corrected chi connectivity index (χ1v) is 6.23. The fourth-order valence-corrected chi connectivity index (χ4v) is 1.57. The zero-order valence-corrected chi connectivity index (χ0v) is 11.2. The lowest BCUT2D eigenvalue weighted by Crippen LogP contribution is -1.81. The van der Waals surface area contributed by atoms with Crippen molar-refractivity contribution in [3.8, 4) is 0 Å². The first-order chi connectivity index (χ1) is 8.25. The van der Waals surface area contributed by atoms with Crippen LogP contribution in [-0.4, -0.2) is 0 Å². The van der Waals surface area contributed by atoms with Crippen LogP contribution in [0.5, 0.6) is 0 Å². The summed E-state index contributed by atoms with van der Waals surface area (Å²) in [4.78, 5) is 0. The van der Waals surface area contributed by atoms with Gasteiger partial charge >= 0.3 is 0 Å². The summed E-state index contributed by atoms with van der Waals surface area (Å²) in [5.74, 6) is 0. The zero-order valence-electron chi connectivity index (χ0n) is 11.2. The van der Waals surface area contributed by atoms with Gasteiger partial charge in [-0.3, -0.25) is 0 Å². The van der Waals surface area contributed by atoms with Crippen molar-refractivity contribution in [1.29, 1.82) is 0 Å². The van der Waals surface area contributed by atoms with Crippen LogP contribution in [0.15, 0.2) is 54.1 Å². The van der Waals surface area contributed by atoms with Gasteiger partial charge in [0.2, 0.25) is 0 Å². The first-order valence-electron chi connectivity index (χ1n) is 6.23. The number of hydrogen-bond donors (Lipinski definition) is 0. The summed E-state index contributed by atoms with van der Waals surface area (Å²) in [5, 5.41) is 0. The molecule has 1 aliphatic rings. The minimum atomic E-state index is 1.27. The third kappa shape index (κ3) is 4.07. The normalized spacial score (nSPS) is 14.1. The van der Waals surface area contributed by atoms with E-state index in [1.165, 1.54) is 22.3 Å². The van der Waals surface area contributed by atoms with Crippen LogP contribution in [0.4, 0.5) is 0 Å². The van der Waals surface area contributed by atoms with Crippen LogP contribution in [0.3, 0.4) is 0 Å². The molecule has 1 radical (unpaired) electrons. The Kier molecular flexibility index (Phi) is 5.48. The molecule has 0 nitrogen and oxygen atoms in total. The third-order valence-electron chi connectivity index (χ3n) is 2.55. The van der Waals surface area contributed by atoms with Crippen molar-refractivity contribution >= 4 is 5.57 Å². The molecule has 0 spiro atoms. The Labute approximate surface area is 105 Å². The average Bonchev–Trinajstić information content (AvgIpc) is 2.58. The molecule has 0 saturated heterocycles. The van der Waals surface area contributed by atoms with Gasteiger partial charge in [-0.2, -0.15) is 0 Å². The number of aryl methyl sites for hydroxylation is 1. The molecule has 0 aromatic heterocycles. The topological polar surface area (TPSA) is 0 Å². The molecule has 0 unspecified atom stereocenters. The van der Waals surface area contributed by atoms with E-state index in [9.17, 15) is 0 Å². The lowest BCUT2D eigenvalue weighted by molar-refractivity contribution is 1.44. The second kappa shape index (κ2) is 6.90. The summed E-state index contributed by atoms with van der Waals surface area (Å²) in [5.41, 5.74) is 5.13. The van der Waals surface area contributed by atoms with Crippen molar-refractivity contribution in [3.63, 3.8) is 0 Å². The van der Waals surface area contributed by atoms with E-state index in [4.69, 9.17) is 0 Å². The zero-order chi connectivity index (χ0) is 12.7. The van der Waals surface area contributed by atoms with Gasteiger partial charge in [-0.25, -0.2) is 0 Å². The van der Waals surface area contributed by atoms with E-state index in [-0.39, 0.29) is 0 Å². The summed E-state index contributed by atoms with van der Waals surface area (Å²) in [6, 6.07) is 8.63. The van der Waals surface area contributed by atoms with Crippen LogP contribution in [0.25, 0.3) is 5.57 Å². The van der Waals surface area contributed by atoms with E-state index in [1.807, 2.05) is 13.8 Å². The Morgan fingerprint density at radius 2 is 1.47 bits per heavy atom. The molecule has 0 atom stereocenters. The average molecular weight is 225 g/mol. The highest BCUT2D eigenvalue weighted by molar-refractivity contribution is 5.76. The molecule has 0 saturated carbocycles. The second-order valence-corrected chi connectivity index (χ2v) is 3.92. The van der Waals surface area contributed by atoms with Crippen LogP contribution >= 0.6 is 0 Å². The number of hydrogen-bond acceptors (Lipinski definition) is 0. The molecule has 2 rings (SSSR count). The van der Waals surface area contributed by atoms with Crippen LogP contribution in [0, 0.1) is 13.3 Å². The second-order valence-electron chi connectivity index (χ2n) is 3.92. The van der Waals surface area contributed by atoms with E-state index in [1.54, 1.807) is 0 Å². The van der Waals surface area contributed by atoms with Crippen LogP contribution in [-0.2, 0) is 0 Å². The first kappa shape index (κ1) is 13.5. The van der Waals surface area contributed by atoms with E-state index in [2.05, 4.69) is 68.8 Å². The summed E-state index contributed by atoms with van der Waals surface area (Å²) < 4.78 is 0. The number of rotatable bonds is 1. The van der Waals surface area contributed by atoms with Gasteiger partial charge in [0.25, 0.3) is 0 Å². The predicted molar refractivity (Wildman–Crippen MR) is 77.7 cm³/mol. The fourth-order valence-electron chi connectivity index (χ4n) is 1.57.